The summed E-state index contributed by atoms with van der Waals surface area (Å²) in [5.74, 6) is 0.772. The van der Waals surface area contributed by atoms with E-state index in [0.717, 1.165) is 12.2 Å². The van der Waals surface area contributed by atoms with Crippen molar-refractivity contribution in [1.29, 1.82) is 0 Å². The molecule has 0 aliphatic rings. The Morgan fingerprint density at radius 1 is 1.33 bits per heavy atom. The topological polar surface area (TPSA) is 46.9 Å². The van der Waals surface area contributed by atoms with E-state index >= 15 is 0 Å². The van der Waals surface area contributed by atoms with E-state index in [4.69, 9.17) is 0 Å². The van der Waals surface area contributed by atoms with Crippen LogP contribution in [0.15, 0.2) is 36.7 Å². The molecule has 1 aromatic heterocycles. The maximum absolute atomic E-state index is 11.9. The Bertz CT molecular complexity index is 528. The molecule has 2 aromatic rings. The summed E-state index contributed by atoms with van der Waals surface area (Å²) in [6, 6.07) is 7.67. The molecule has 0 spiro atoms. The summed E-state index contributed by atoms with van der Waals surface area (Å²) in [4.78, 5) is 16.1. The van der Waals surface area contributed by atoms with Crippen molar-refractivity contribution in [3.8, 4) is 0 Å². The number of nitrogens with zero attached hydrogens (tertiary/aromatic N) is 2. The molecule has 1 amide bonds. The minimum atomic E-state index is -0.0688. The zero-order valence-electron chi connectivity index (χ0n) is 10.7. The number of nitrogens with one attached hydrogen (secondary N) is 1. The van der Waals surface area contributed by atoms with Gasteiger partial charge in [-0.25, -0.2) is 4.98 Å². The summed E-state index contributed by atoms with van der Waals surface area (Å²) in [7, 11) is 1.91. The zero-order chi connectivity index (χ0) is 13.0. The normalized spacial score (nSPS) is 10.3. The second-order valence-corrected chi connectivity index (χ2v) is 4.19. The van der Waals surface area contributed by atoms with Crippen LogP contribution >= 0.6 is 0 Å². The fourth-order valence-electron chi connectivity index (χ4n) is 1.72. The summed E-state index contributed by atoms with van der Waals surface area (Å²) >= 11 is 0. The van der Waals surface area contributed by atoms with E-state index in [1.807, 2.05) is 42.1 Å². The lowest BCUT2D eigenvalue weighted by Gasteiger charge is -2.06. The van der Waals surface area contributed by atoms with Gasteiger partial charge in [0, 0.05) is 25.0 Å². The molecular formula is C14H17N3O. The number of carbonyl (C=O) groups is 1. The third-order valence-electron chi connectivity index (χ3n) is 2.95. The molecule has 0 saturated carbocycles. The molecule has 1 N–H and O–H groups in total. The van der Waals surface area contributed by atoms with E-state index in [9.17, 15) is 4.79 Å². The van der Waals surface area contributed by atoms with Crippen LogP contribution in [0.3, 0.4) is 0 Å². The molecule has 94 valence electrons. The molecule has 0 radical (unpaired) electrons. The first kappa shape index (κ1) is 12.4. The van der Waals surface area contributed by atoms with Gasteiger partial charge in [0.15, 0.2) is 0 Å². The Labute approximate surface area is 107 Å². The van der Waals surface area contributed by atoms with Gasteiger partial charge >= 0.3 is 0 Å². The first-order valence-electron chi connectivity index (χ1n) is 6.04. The molecule has 1 heterocycles. The van der Waals surface area contributed by atoms with Crippen molar-refractivity contribution >= 4 is 5.91 Å². The van der Waals surface area contributed by atoms with Gasteiger partial charge in [-0.15, -0.1) is 0 Å². The summed E-state index contributed by atoms with van der Waals surface area (Å²) in [5, 5.41) is 2.86. The van der Waals surface area contributed by atoms with Gasteiger partial charge < -0.3 is 9.88 Å². The fourth-order valence-corrected chi connectivity index (χ4v) is 1.72. The second kappa shape index (κ2) is 5.49. The molecule has 0 fully saturated rings. The highest BCUT2D eigenvalue weighted by Crippen LogP contribution is 2.05. The van der Waals surface area contributed by atoms with Crippen molar-refractivity contribution in [3.63, 3.8) is 0 Å². The maximum Gasteiger partial charge on any atom is 0.251 e. The SMILES string of the molecule is CCc1ccc(C(=O)NCc2nccn2C)cc1. The van der Waals surface area contributed by atoms with Gasteiger partial charge in [0.1, 0.15) is 5.82 Å². The number of hydrogen-bond acceptors (Lipinski definition) is 2. The quantitative estimate of drug-likeness (QED) is 0.891. The van der Waals surface area contributed by atoms with Crippen molar-refractivity contribution in [3.05, 3.63) is 53.6 Å². The highest BCUT2D eigenvalue weighted by molar-refractivity contribution is 5.94. The van der Waals surface area contributed by atoms with Crippen molar-refractivity contribution in [2.45, 2.75) is 19.9 Å². The lowest BCUT2D eigenvalue weighted by atomic mass is 10.1. The molecule has 4 heteroatoms. The second-order valence-electron chi connectivity index (χ2n) is 4.19. The van der Waals surface area contributed by atoms with Crippen LogP contribution in [0.4, 0.5) is 0 Å². The van der Waals surface area contributed by atoms with E-state index < -0.39 is 0 Å². The minimum Gasteiger partial charge on any atom is -0.345 e. The van der Waals surface area contributed by atoms with Crippen LogP contribution in [-0.2, 0) is 20.0 Å². The summed E-state index contributed by atoms with van der Waals surface area (Å²) in [5.41, 5.74) is 1.91. The monoisotopic (exact) mass is 243 g/mol. The first-order valence-corrected chi connectivity index (χ1v) is 6.04. The average molecular weight is 243 g/mol. The summed E-state index contributed by atoms with van der Waals surface area (Å²) in [6.45, 7) is 2.54. The number of carbonyl (C=O) groups excluding carboxylic acids is 1. The standard InChI is InChI=1S/C14H17N3O/c1-3-11-4-6-12(7-5-11)14(18)16-10-13-15-8-9-17(13)2/h4-9H,3,10H2,1-2H3,(H,16,18). The lowest BCUT2D eigenvalue weighted by molar-refractivity contribution is 0.0949. The largest absolute Gasteiger partial charge is 0.345 e. The molecule has 0 aliphatic carbocycles. The van der Waals surface area contributed by atoms with Gasteiger partial charge in [0.05, 0.1) is 6.54 Å². The summed E-state index contributed by atoms with van der Waals surface area (Å²) < 4.78 is 1.89. The Hall–Kier alpha value is -2.10. The van der Waals surface area contributed by atoms with Crippen LogP contribution in [0.1, 0.15) is 28.7 Å². The van der Waals surface area contributed by atoms with Crippen LogP contribution < -0.4 is 5.32 Å². The number of imidazole rings is 1. The number of aryl methyl sites for hydroxylation is 2. The number of rotatable bonds is 4. The Kier molecular flexibility index (Phi) is 3.77. The van der Waals surface area contributed by atoms with E-state index in [-0.39, 0.29) is 5.91 Å². The maximum atomic E-state index is 11.9. The predicted octanol–water partition coefficient (Wildman–Crippen LogP) is 1.91. The zero-order valence-corrected chi connectivity index (χ0v) is 10.7. The predicted molar refractivity (Wildman–Crippen MR) is 70.2 cm³/mol. The molecule has 4 nitrogen and oxygen atoms in total. The fraction of sp³-hybridized carbons (Fsp3) is 0.286. The van der Waals surface area contributed by atoms with Gasteiger partial charge in [-0.3, -0.25) is 4.79 Å². The smallest absolute Gasteiger partial charge is 0.251 e. The van der Waals surface area contributed by atoms with Crippen LogP contribution in [0.2, 0.25) is 0 Å². The van der Waals surface area contributed by atoms with Crippen molar-refractivity contribution < 1.29 is 4.79 Å². The van der Waals surface area contributed by atoms with Crippen molar-refractivity contribution in [2.24, 2.45) is 7.05 Å². The van der Waals surface area contributed by atoms with E-state index in [2.05, 4.69) is 17.2 Å². The molecule has 0 atom stereocenters. The van der Waals surface area contributed by atoms with Crippen LogP contribution in [0.25, 0.3) is 0 Å². The number of benzene rings is 1. The molecule has 0 bridgehead atoms. The van der Waals surface area contributed by atoms with E-state index in [0.29, 0.717) is 12.1 Å². The van der Waals surface area contributed by atoms with Crippen LogP contribution in [0.5, 0.6) is 0 Å². The van der Waals surface area contributed by atoms with E-state index in [1.54, 1.807) is 6.20 Å². The van der Waals surface area contributed by atoms with Crippen LogP contribution in [-0.4, -0.2) is 15.5 Å². The van der Waals surface area contributed by atoms with Gasteiger partial charge in [-0.05, 0) is 24.1 Å². The minimum absolute atomic E-state index is 0.0688. The van der Waals surface area contributed by atoms with Crippen molar-refractivity contribution in [2.75, 3.05) is 0 Å². The molecule has 0 saturated heterocycles. The molecule has 0 aliphatic heterocycles. The number of hydrogen-bond donors (Lipinski definition) is 1. The molecule has 1 aromatic carbocycles. The molecule has 2 rings (SSSR count). The van der Waals surface area contributed by atoms with Crippen LogP contribution in [0, 0.1) is 0 Å². The Balaban J connectivity index is 1.97. The third kappa shape index (κ3) is 2.77. The first-order chi connectivity index (χ1) is 8.70. The van der Waals surface area contributed by atoms with Gasteiger partial charge in [-0.2, -0.15) is 0 Å². The van der Waals surface area contributed by atoms with Gasteiger partial charge in [0.2, 0.25) is 0 Å². The van der Waals surface area contributed by atoms with Crippen molar-refractivity contribution in [1.82, 2.24) is 14.9 Å². The number of aromatic nitrogens is 2. The Morgan fingerprint density at radius 3 is 2.61 bits per heavy atom. The van der Waals surface area contributed by atoms with E-state index in [1.165, 1.54) is 5.56 Å². The molecule has 0 unspecified atom stereocenters. The molecule has 18 heavy (non-hydrogen) atoms. The highest BCUT2D eigenvalue weighted by Gasteiger charge is 2.06. The lowest BCUT2D eigenvalue weighted by Crippen LogP contribution is -2.24. The number of amides is 1. The molecular weight excluding hydrogens is 226 g/mol. The van der Waals surface area contributed by atoms with Gasteiger partial charge in [-0.1, -0.05) is 19.1 Å². The van der Waals surface area contributed by atoms with Gasteiger partial charge in [0.25, 0.3) is 5.91 Å². The Morgan fingerprint density at radius 2 is 2.06 bits per heavy atom. The average Bonchev–Trinajstić information content (AvgIpc) is 2.81. The third-order valence-corrected chi connectivity index (χ3v) is 2.95. The summed E-state index contributed by atoms with van der Waals surface area (Å²) in [6.07, 6.45) is 4.56. The highest BCUT2D eigenvalue weighted by atomic mass is 16.1.